The third-order valence-electron chi connectivity index (χ3n) is 5.04. The van der Waals surface area contributed by atoms with E-state index >= 15 is 0 Å². The number of rotatable bonds is 5. The minimum absolute atomic E-state index is 0.0101. The van der Waals surface area contributed by atoms with E-state index in [9.17, 15) is 4.79 Å². The molecule has 0 aliphatic carbocycles. The van der Waals surface area contributed by atoms with Crippen molar-refractivity contribution in [3.05, 3.63) is 22.2 Å². The van der Waals surface area contributed by atoms with Crippen LogP contribution in [0.15, 0.2) is 6.07 Å². The number of carbonyl (C=O) groups excluding carboxylic acids is 1. The number of nitrogens with zero attached hydrogens (tertiary/aromatic N) is 1. The molecule has 5 nitrogen and oxygen atoms in total. The van der Waals surface area contributed by atoms with Crippen LogP contribution in [0, 0.1) is 0 Å². The number of nitrogens with two attached hydrogens (primary N) is 1. The number of unbranched alkanes of at least 4 members (excludes halogenated alkanes) is 1. The molecule has 1 aromatic carbocycles. The van der Waals surface area contributed by atoms with Crippen molar-refractivity contribution in [1.29, 1.82) is 0 Å². The van der Waals surface area contributed by atoms with Crippen molar-refractivity contribution < 1.29 is 14.3 Å². The zero-order valence-corrected chi connectivity index (χ0v) is 15.8. The monoisotopic (exact) mass is 366 g/mol. The number of piperidine rings is 1. The summed E-state index contributed by atoms with van der Waals surface area (Å²) in [6, 6.07) is 1.58. The van der Waals surface area contributed by atoms with Gasteiger partial charge in [-0.1, -0.05) is 24.9 Å². The van der Waals surface area contributed by atoms with E-state index in [1.54, 1.807) is 6.07 Å². The first-order chi connectivity index (χ1) is 12.0. The molecule has 2 heterocycles. The highest BCUT2D eigenvalue weighted by Gasteiger charge is 2.31. The van der Waals surface area contributed by atoms with Gasteiger partial charge in [0.05, 0.1) is 10.7 Å². The fraction of sp³-hybridized carbons (Fsp3) is 0.632. The summed E-state index contributed by atoms with van der Waals surface area (Å²) in [6.45, 7) is 7.24. The van der Waals surface area contributed by atoms with Crippen LogP contribution in [0.5, 0.6) is 5.75 Å². The molecule has 6 heteroatoms. The first kappa shape index (κ1) is 18.3. The van der Waals surface area contributed by atoms with E-state index in [2.05, 4.69) is 11.8 Å². The van der Waals surface area contributed by atoms with Gasteiger partial charge in [-0.2, -0.15) is 0 Å². The molecule has 0 aromatic heterocycles. The lowest BCUT2D eigenvalue weighted by Crippen LogP contribution is -2.38. The van der Waals surface area contributed by atoms with Gasteiger partial charge in [0.15, 0.2) is 0 Å². The molecule has 2 N–H and O–H groups in total. The highest BCUT2D eigenvalue weighted by molar-refractivity contribution is 6.33. The predicted molar refractivity (Wildman–Crippen MR) is 99.4 cm³/mol. The van der Waals surface area contributed by atoms with E-state index in [0.717, 1.165) is 38.0 Å². The molecule has 138 valence electrons. The lowest BCUT2D eigenvalue weighted by Gasteiger charge is -2.31. The van der Waals surface area contributed by atoms with Crippen molar-refractivity contribution in [2.75, 3.05) is 25.4 Å². The van der Waals surface area contributed by atoms with Gasteiger partial charge in [-0.3, -0.25) is 0 Å². The molecule has 0 saturated carbocycles. The smallest absolute Gasteiger partial charge is 0.342 e. The minimum Gasteiger partial charge on any atom is -0.489 e. The van der Waals surface area contributed by atoms with E-state index in [0.29, 0.717) is 28.4 Å². The Morgan fingerprint density at radius 3 is 2.84 bits per heavy atom. The maximum Gasteiger partial charge on any atom is 0.342 e. The number of anilines is 1. The summed E-state index contributed by atoms with van der Waals surface area (Å²) >= 11 is 6.20. The van der Waals surface area contributed by atoms with Crippen LogP contribution in [0.3, 0.4) is 0 Å². The lowest BCUT2D eigenvalue weighted by atomic mass is 10.0. The van der Waals surface area contributed by atoms with Gasteiger partial charge in [0.25, 0.3) is 0 Å². The second-order valence-electron chi connectivity index (χ2n) is 7.06. The van der Waals surface area contributed by atoms with E-state index in [4.69, 9.17) is 26.8 Å². The van der Waals surface area contributed by atoms with Crippen LogP contribution in [0.25, 0.3) is 0 Å². The Bertz CT molecular complexity index is 642. The molecule has 0 amide bonds. The van der Waals surface area contributed by atoms with Gasteiger partial charge in [0.1, 0.15) is 23.5 Å². The van der Waals surface area contributed by atoms with Crippen LogP contribution >= 0.6 is 11.6 Å². The number of likely N-dealkylation sites (tertiary alicyclic amines) is 1. The molecule has 1 saturated heterocycles. The number of nitrogen functional groups attached to an aromatic ring is 1. The molecular weight excluding hydrogens is 340 g/mol. The van der Waals surface area contributed by atoms with E-state index in [1.165, 1.54) is 12.8 Å². The summed E-state index contributed by atoms with van der Waals surface area (Å²) in [7, 11) is 0. The Labute approximate surface area is 154 Å². The van der Waals surface area contributed by atoms with E-state index < -0.39 is 0 Å². The largest absolute Gasteiger partial charge is 0.489 e. The first-order valence-electron chi connectivity index (χ1n) is 9.20. The molecular formula is C19H27ClN2O3. The topological polar surface area (TPSA) is 64.8 Å². The Kier molecular flexibility index (Phi) is 5.74. The molecule has 25 heavy (non-hydrogen) atoms. The summed E-state index contributed by atoms with van der Waals surface area (Å²) in [5.41, 5.74) is 7.75. The average Bonchev–Trinajstić information content (AvgIpc) is 2.99. The first-order valence-corrected chi connectivity index (χ1v) is 9.58. The third-order valence-corrected chi connectivity index (χ3v) is 5.35. The maximum absolute atomic E-state index is 12.7. The fourth-order valence-corrected chi connectivity index (χ4v) is 3.79. The summed E-state index contributed by atoms with van der Waals surface area (Å²) in [5.74, 6) is 0.180. The molecule has 0 radical (unpaired) electrons. The van der Waals surface area contributed by atoms with Crippen LogP contribution in [0.4, 0.5) is 5.69 Å². The van der Waals surface area contributed by atoms with Gasteiger partial charge < -0.3 is 20.1 Å². The van der Waals surface area contributed by atoms with Crippen molar-refractivity contribution in [3.63, 3.8) is 0 Å². The number of hydrogen-bond acceptors (Lipinski definition) is 5. The summed E-state index contributed by atoms with van der Waals surface area (Å²) in [4.78, 5) is 15.1. The van der Waals surface area contributed by atoms with Gasteiger partial charge in [0.2, 0.25) is 0 Å². The third kappa shape index (κ3) is 4.04. The van der Waals surface area contributed by atoms with Gasteiger partial charge in [-0.15, -0.1) is 0 Å². The zero-order chi connectivity index (χ0) is 18.0. The van der Waals surface area contributed by atoms with Crippen LogP contribution < -0.4 is 10.5 Å². The molecule has 0 spiro atoms. The van der Waals surface area contributed by atoms with Gasteiger partial charge in [0, 0.05) is 25.1 Å². The van der Waals surface area contributed by atoms with Crippen LogP contribution in [0.2, 0.25) is 5.02 Å². The number of hydrogen-bond donors (Lipinski definition) is 1. The second kappa shape index (κ2) is 7.83. The fourth-order valence-electron chi connectivity index (χ4n) is 3.57. The average molecular weight is 367 g/mol. The van der Waals surface area contributed by atoms with E-state index in [1.807, 2.05) is 6.92 Å². The van der Waals surface area contributed by atoms with Crippen molar-refractivity contribution in [2.45, 2.75) is 58.2 Å². The van der Waals surface area contributed by atoms with Crippen molar-refractivity contribution in [2.24, 2.45) is 0 Å². The van der Waals surface area contributed by atoms with Gasteiger partial charge in [-0.25, -0.2) is 4.79 Å². The highest BCUT2D eigenvalue weighted by atomic mass is 35.5. The molecule has 2 aliphatic rings. The Hall–Kier alpha value is -1.46. The molecule has 1 atom stereocenters. The van der Waals surface area contributed by atoms with Gasteiger partial charge in [-0.05, 0) is 38.8 Å². The SMILES string of the molecule is CCCCN1CCC(OC(=O)c2cc(Cl)c(N)c3c2OC(C)C3)CC1. The minimum atomic E-state index is -0.362. The van der Waals surface area contributed by atoms with Crippen LogP contribution in [-0.2, 0) is 11.2 Å². The zero-order valence-electron chi connectivity index (χ0n) is 15.0. The maximum atomic E-state index is 12.7. The number of ether oxygens (including phenoxy) is 2. The molecule has 3 rings (SSSR count). The second-order valence-corrected chi connectivity index (χ2v) is 7.47. The van der Waals surface area contributed by atoms with Crippen molar-refractivity contribution in [3.8, 4) is 5.75 Å². The summed E-state index contributed by atoms with van der Waals surface area (Å²) in [6.07, 6.45) is 4.78. The van der Waals surface area contributed by atoms with Crippen LogP contribution in [-0.4, -0.2) is 42.7 Å². The Morgan fingerprint density at radius 2 is 2.16 bits per heavy atom. The summed E-state index contributed by atoms with van der Waals surface area (Å²) in [5, 5.41) is 0.387. The standard InChI is InChI=1S/C19H27ClN2O3/c1-3-4-7-22-8-5-13(6-9-22)25-19(23)15-11-16(20)17(21)14-10-12(2)24-18(14)15/h11-13H,3-10,21H2,1-2H3. The Balaban J connectivity index is 1.65. The van der Waals surface area contributed by atoms with Crippen LogP contribution in [0.1, 0.15) is 55.5 Å². The quantitative estimate of drug-likeness (QED) is 0.636. The Morgan fingerprint density at radius 1 is 1.44 bits per heavy atom. The highest BCUT2D eigenvalue weighted by Crippen LogP contribution is 2.41. The van der Waals surface area contributed by atoms with E-state index in [-0.39, 0.29) is 18.2 Å². The molecule has 2 aliphatic heterocycles. The lowest BCUT2D eigenvalue weighted by molar-refractivity contribution is 0.0109. The van der Waals surface area contributed by atoms with Crippen molar-refractivity contribution in [1.82, 2.24) is 4.90 Å². The summed E-state index contributed by atoms with van der Waals surface area (Å²) < 4.78 is 11.5. The number of benzene rings is 1. The molecule has 1 unspecified atom stereocenters. The van der Waals surface area contributed by atoms with Crippen molar-refractivity contribution >= 4 is 23.3 Å². The number of halogens is 1. The van der Waals surface area contributed by atoms with Gasteiger partial charge >= 0.3 is 5.97 Å². The molecule has 1 fully saturated rings. The normalized spacial score (nSPS) is 21.0. The molecule has 1 aromatic rings. The number of esters is 1. The predicted octanol–water partition coefficient (Wildman–Crippen LogP) is 3.67. The molecule has 0 bridgehead atoms. The number of carbonyl (C=O) groups is 1. The number of fused-ring (bicyclic) bond motifs is 1.